The fourth-order valence-corrected chi connectivity index (χ4v) is 1.82. The third-order valence-electron chi connectivity index (χ3n) is 2.78. The zero-order valence-corrected chi connectivity index (χ0v) is 10.5. The van der Waals surface area contributed by atoms with E-state index in [0.29, 0.717) is 6.42 Å². The SMILES string of the molecule is CCc1cccc(CC(C)(C)C(=O)OC)c1. The van der Waals surface area contributed by atoms with Crippen LogP contribution in [0.2, 0.25) is 0 Å². The number of esters is 1. The first-order valence-corrected chi connectivity index (χ1v) is 5.66. The van der Waals surface area contributed by atoms with E-state index in [2.05, 4.69) is 25.1 Å². The minimum Gasteiger partial charge on any atom is -0.469 e. The van der Waals surface area contributed by atoms with E-state index in [9.17, 15) is 4.79 Å². The number of hydrogen-bond donors (Lipinski definition) is 0. The zero-order valence-electron chi connectivity index (χ0n) is 10.5. The van der Waals surface area contributed by atoms with Crippen molar-refractivity contribution in [2.75, 3.05) is 7.11 Å². The van der Waals surface area contributed by atoms with Crippen molar-refractivity contribution in [3.8, 4) is 0 Å². The van der Waals surface area contributed by atoms with Gasteiger partial charge in [0.05, 0.1) is 12.5 Å². The number of rotatable bonds is 4. The molecule has 0 N–H and O–H groups in total. The van der Waals surface area contributed by atoms with Crippen molar-refractivity contribution in [1.29, 1.82) is 0 Å². The molecule has 1 rings (SSSR count). The molecule has 0 saturated carbocycles. The van der Waals surface area contributed by atoms with Crippen LogP contribution < -0.4 is 0 Å². The van der Waals surface area contributed by atoms with Crippen LogP contribution in [0, 0.1) is 5.41 Å². The summed E-state index contributed by atoms with van der Waals surface area (Å²) in [6.07, 6.45) is 1.74. The summed E-state index contributed by atoms with van der Waals surface area (Å²) in [7, 11) is 1.44. The molecule has 0 amide bonds. The van der Waals surface area contributed by atoms with Gasteiger partial charge in [-0.2, -0.15) is 0 Å². The van der Waals surface area contributed by atoms with Gasteiger partial charge in [-0.1, -0.05) is 31.2 Å². The monoisotopic (exact) mass is 220 g/mol. The van der Waals surface area contributed by atoms with Crippen LogP contribution in [0.1, 0.15) is 31.9 Å². The summed E-state index contributed by atoms with van der Waals surface area (Å²) in [5, 5.41) is 0. The van der Waals surface area contributed by atoms with Gasteiger partial charge >= 0.3 is 5.97 Å². The van der Waals surface area contributed by atoms with E-state index in [0.717, 1.165) is 6.42 Å². The van der Waals surface area contributed by atoms with Crippen LogP contribution in [0.5, 0.6) is 0 Å². The van der Waals surface area contributed by atoms with Crippen molar-refractivity contribution in [3.05, 3.63) is 35.4 Å². The highest BCUT2D eigenvalue weighted by Gasteiger charge is 2.28. The molecule has 2 heteroatoms. The Bertz CT molecular complexity index is 367. The predicted molar refractivity (Wildman–Crippen MR) is 65.3 cm³/mol. The van der Waals surface area contributed by atoms with Crippen molar-refractivity contribution in [2.24, 2.45) is 5.41 Å². The van der Waals surface area contributed by atoms with Crippen LogP contribution in [0.3, 0.4) is 0 Å². The van der Waals surface area contributed by atoms with Gasteiger partial charge in [0.25, 0.3) is 0 Å². The largest absolute Gasteiger partial charge is 0.469 e. The minimum atomic E-state index is -0.457. The topological polar surface area (TPSA) is 26.3 Å². The lowest BCUT2D eigenvalue weighted by molar-refractivity contribution is -0.150. The maximum atomic E-state index is 11.6. The average molecular weight is 220 g/mol. The molecule has 1 aromatic rings. The Morgan fingerprint density at radius 1 is 1.31 bits per heavy atom. The van der Waals surface area contributed by atoms with Gasteiger partial charge in [0.2, 0.25) is 0 Å². The van der Waals surface area contributed by atoms with Crippen LogP contribution in [-0.4, -0.2) is 13.1 Å². The number of methoxy groups -OCH3 is 1. The molecule has 2 nitrogen and oxygen atoms in total. The molecule has 0 spiro atoms. The highest BCUT2D eigenvalue weighted by Crippen LogP contribution is 2.23. The van der Waals surface area contributed by atoms with Gasteiger partial charge in [-0.3, -0.25) is 4.79 Å². The standard InChI is InChI=1S/C14H20O2/c1-5-11-7-6-8-12(9-11)10-14(2,3)13(15)16-4/h6-9H,5,10H2,1-4H3. The third-order valence-corrected chi connectivity index (χ3v) is 2.78. The quantitative estimate of drug-likeness (QED) is 0.729. The molecule has 0 aliphatic heterocycles. The highest BCUT2D eigenvalue weighted by atomic mass is 16.5. The number of hydrogen-bond acceptors (Lipinski definition) is 2. The smallest absolute Gasteiger partial charge is 0.311 e. The van der Waals surface area contributed by atoms with Gasteiger partial charge < -0.3 is 4.74 Å². The Labute approximate surface area is 97.6 Å². The molecule has 0 aliphatic carbocycles. The average Bonchev–Trinajstić information content (AvgIpc) is 2.27. The van der Waals surface area contributed by atoms with Crippen molar-refractivity contribution in [3.63, 3.8) is 0 Å². The Balaban J connectivity index is 2.83. The van der Waals surface area contributed by atoms with E-state index in [1.54, 1.807) is 0 Å². The zero-order chi connectivity index (χ0) is 12.2. The van der Waals surface area contributed by atoms with Gasteiger partial charge in [0, 0.05) is 0 Å². The second-order valence-corrected chi connectivity index (χ2v) is 4.73. The Kier molecular flexibility index (Phi) is 4.11. The van der Waals surface area contributed by atoms with E-state index in [1.807, 2.05) is 19.9 Å². The third kappa shape index (κ3) is 3.09. The lowest BCUT2D eigenvalue weighted by Crippen LogP contribution is -2.28. The molecule has 0 radical (unpaired) electrons. The van der Waals surface area contributed by atoms with Gasteiger partial charge in [-0.25, -0.2) is 0 Å². The fourth-order valence-electron chi connectivity index (χ4n) is 1.82. The number of benzene rings is 1. The van der Waals surface area contributed by atoms with Crippen LogP contribution in [0.4, 0.5) is 0 Å². The Hall–Kier alpha value is -1.31. The van der Waals surface area contributed by atoms with Crippen LogP contribution in [0.25, 0.3) is 0 Å². The molecular weight excluding hydrogens is 200 g/mol. The summed E-state index contributed by atoms with van der Waals surface area (Å²) >= 11 is 0. The number of carbonyl (C=O) groups excluding carboxylic acids is 1. The summed E-state index contributed by atoms with van der Waals surface area (Å²) in [4.78, 5) is 11.6. The first-order valence-electron chi connectivity index (χ1n) is 5.66. The lowest BCUT2D eigenvalue weighted by atomic mass is 9.85. The van der Waals surface area contributed by atoms with Gasteiger partial charge in [-0.05, 0) is 37.8 Å². The van der Waals surface area contributed by atoms with Crippen LogP contribution in [-0.2, 0) is 22.4 Å². The van der Waals surface area contributed by atoms with Crippen LogP contribution >= 0.6 is 0 Å². The second kappa shape index (κ2) is 5.15. The van der Waals surface area contributed by atoms with Gasteiger partial charge in [-0.15, -0.1) is 0 Å². The summed E-state index contributed by atoms with van der Waals surface area (Å²) in [6.45, 7) is 5.96. The number of ether oxygens (including phenoxy) is 1. The molecule has 0 aliphatic rings. The molecule has 88 valence electrons. The van der Waals surface area contributed by atoms with E-state index in [1.165, 1.54) is 18.2 Å². The van der Waals surface area contributed by atoms with E-state index < -0.39 is 5.41 Å². The van der Waals surface area contributed by atoms with Gasteiger partial charge in [0.1, 0.15) is 0 Å². The second-order valence-electron chi connectivity index (χ2n) is 4.73. The number of aryl methyl sites for hydroxylation is 1. The molecule has 0 bridgehead atoms. The van der Waals surface area contributed by atoms with E-state index >= 15 is 0 Å². The molecule has 16 heavy (non-hydrogen) atoms. The Morgan fingerprint density at radius 3 is 2.50 bits per heavy atom. The molecule has 0 heterocycles. The van der Waals surface area contributed by atoms with Crippen molar-refractivity contribution in [2.45, 2.75) is 33.6 Å². The highest BCUT2D eigenvalue weighted by molar-refractivity contribution is 5.76. The Morgan fingerprint density at radius 2 is 1.94 bits per heavy atom. The first kappa shape index (κ1) is 12.8. The van der Waals surface area contributed by atoms with Gasteiger partial charge in [0.15, 0.2) is 0 Å². The molecule has 0 aromatic heterocycles. The minimum absolute atomic E-state index is 0.158. The summed E-state index contributed by atoms with van der Waals surface area (Å²) in [5.74, 6) is -0.158. The molecule has 0 fully saturated rings. The van der Waals surface area contributed by atoms with E-state index in [-0.39, 0.29) is 5.97 Å². The summed E-state index contributed by atoms with van der Waals surface area (Å²) < 4.78 is 4.80. The first-order chi connectivity index (χ1) is 7.49. The summed E-state index contributed by atoms with van der Waals surface area (Å²) in [5.41, 5.74) is 2.04. The van der Waals surface area contributed by atoms with Crippen LogP contribution in [0.15, 0.2) is 24.3 Å². The molecular formula is C14H20O2. The lowest BCUT2D eigenvalue weighted by Gasteiger charge is -2.21. The van der Waals surface area contributed by atoms with Crippen molar-refractivity contribution in [1.82, 2.24) is 0 Å². The van der Waals surface area contributed by atoms with Crippen molar-refractivity contribution < 1.29 is 9.53 Å². The maximum absolute atomic E-state index is 11.6. The normalized spacial score (nSPS) is 11.2. The molecule has 0 atom stereocenters. The predicted octanol–water partition coefficient (Wildman–Crippen LogP) is 2.99. The molecule has 1 aromatic carbocycles. The van der Waals surface area contributed by atoms with Crippen molar-refractivity contribution >= 4 is 5.97 Å². The van der Waals surface area contributed by atoms with E-state index in [4.69, 9.17) is 4.74 Å². The fraction of sp³-hybridized carbons (Fsp3) is 0.500. The number of carbonyl (C=O) groups is 1. The molecule has 0 unspecified atom stereocenters. The summed E-state index contributed by atoms with van der Waals surface area (Å²) in [6, 6.07) is 8.37. The molecule has 0 saturated heterocycles. The maximum Gasteiger partial charge on any atom is 0.311 e.